The minimum atomic E-state index is -0.306. The molecule has 30 heavy (non-hydrogen) atoms. The van der Waals surface area contributed by atoms with Crippen molar-refractivity contribution in [1.29, 1.82) is 5.26 Å². The van der Waals surface area contributed by atoms with Crippen LogP contribution in [0.4, 0.5) is 11.4 Å². The monoisotopic (exact) mass is 408 g/mol. The maximum Gasteiger partial charge on any atom is 0.248 e. The molecule has 0 heterocycles. The van der Waals surface area contributed by atoms with Gasteiger partial charge in [0.1, 0.15) is 6.61 Å². The molecule has 0 unspecified atom stereocenters. The molecule has 158 valence electrons. The fraction of sp³-hybridized carbons (Fsp3) is 0.304. The highest BCUT2D eigenvalue weighted by molar-refractivity contribution is 6.02. The summed E-state index contributed by atoms with van der Waals surface area (Å²) in [5, 5.41) is 15.0. The van der Waals surface area contributed by atoms with Crippen LogP contribution in [0.3, 0.4) is 0 Å². The summed E-state index contributed by atoms with van der Waals surface area (Å²) in [6.45, 7) is 3.97. The third-order valence-electron chi connectivity index (χ3n) is 4.17. The Morgan fingerprint density at radius 3 is 2.70 bits per heavy atom. The Labute approximate surface area is 177 Å². The van der Waals surface area contributed by atoms with Crippen molar-refractivity contribution >= 4 is 23.4 Å². The van der Waals surface area contributed by atoms with E-state index >= 15 is 0 Å². The maximum absolute atomic E-state index is 12.4. The van der Waals surface area contributed by atoms with E-state index in [1.165, 1.54) is 6.08 Å². The van der Waals surface area contributed by atoms with Gasteiger partial charge in [-0.3, -0.25) is 4.79 Å². The lowest BCUT2D eigenvalue weighted by Crippen LogP contribution is -2.20. The number of nitriles is 1. The molecule has 0 atom stereocenters. The zero-order valence-corrected chi connectivity index (χ0v) is 17.9. The molecule has 2 rings (SSSR count). The Kier molecular flexibility index (Phi) is 8.73. The first-order chi connectivity index (χ1) is 14.5. The molecule has 0 spiro atoms. The van der Waals surface area contributed by atoms with Crippen LogP contribution >= 0.6 is 0 Å². The molecule has 0 aliphatic heterocycles. The third kappa shape index (κ3) is 6.54. The van der Waals surface area contributed by atoms with Gasteiger partial charge in [-0.2, -0.15) is 5.26 Å². The lowest BCUT2D eigenvalue weighted by molar-refractivity contribution is -0.111. The number of amides is 1. The number of nitrogens with zero attached hydrogens (tertiary/aromatic N) is 2. The molecule has 7 nitrogen and oxygen atoms in total. The van der Waals surface area contributed by atoms with Crippen LogP contribution in [0.2, 0.25) is 0 Å². The van der Waals surface area contributed by atoms with Gasteiger partial charge in [0.05, 0.1) is 24.4 Å². The van der Waals surface area contributed by atoms with Crippen molar-refractivity contribution in [3.63, 3.8) is 0 Å². The standard InChI is InChI=1S/C23H28N4O3/c1-5-25-20-11-9-18(22(23(20)29-4)30-14-13-27(2)3)10-12-21(28)26-19-8-6-7-17(15-19)16-24/h6-12,15,25H,5,13-14H2,1-4H3,(H,26,28)/b12-10+. The summed E-state index contributed by atoms with van der Waals surface area (Å²) in [5.74, 6) is 0.868. The van der Waals surface area contributed by atoms with E-state index < -0.39 is 0 Å². The van der Waals surface area contributed by atoms with Crippen LogP contribution in [-0.4, -0.2) is 51.7 Å². The van der Waals surface area contributed by atoms with Gasteiger partial charge in [0.15, 0.2) is 11.5 Å². The lowest BCUT2D eigenvalue weighted by Gasteiger charge is -2.18. The normalized spacial score (nSPS) is 10.7. The van der Waals surface area contributed by atoms with Crippen LogP contribution in [0, 0.1) is 11.3 Å². The van der Waals surface area contributed by atoms with Crippen molar-refractivity contribution < 1.29 is 14.3 Å². The summed E-state index contributed by atoms with van der Waals surface area (Å²) >= 11 is 0. The predicted octanol–water partition coefficient (Wildman–Crippen LogP) is 3.59. The number of carbonyl (C=O) groups is 1. The number of nitrogens with one attached hydrogen (secondary N) is 2. The molecule has 0 bridgehead atoms. The van der Waals surface area contributed by atoms with Crippen LogP contribution in [0.1, 0.15) is 18.1 Å². The largest absolute Gasteiger partial charge is 0.491 e. The van der Waals surface area contributed by atoms with Gasteiger partial charge >= 0.3 is 0 Å². The van der Waals surface area contributed by atoms with Gasteiger partial charge in [-0.1, -0.05) is 6.07 Å². The number of rotatable bonds is 10. The SMILES string of the molecule is CCNc1ccc(/C=C/C(=O)Nc2cccc(C#N)c2)c(OCCN(C)C)c1OC. The van der Waals surface area contributed by atoms with E-state index in [0.29, 0.717) is 29.4 Å². The van der Waals surface area contributed by atoms with Crippen molar-refractivity contribution in [2.24, 2.45) is 0 Å². The Morgan fingerprint density at radius 1 is 1.23 bits per heavy atom. The zero-order chi connectivity index (χ0) is 21.9. The number of likely N-dealkylation sites (N-methyl/N-ethyl adjacent to an activating group) is 1. The Morgan fingerprint density at radius 2 is 2.03 bits per heavy atom. The van der Waals surface area contributed by atoms with Crippen LogP contribution < -0.4 is 20.1 Å². The molecule has 7 heteroatoms. The van der Waals surface area contributed by atoms with Gasteiger partial charge in [-0.25, -0.2) is 0 Å². The number of hydrogen-bond donors (Lipinski definition) is 2. The van der Waals surface area contributed by atoms with Gasteiger partial charge < -0.3 is 25.0 Å². The summed E-state index contributed by atoms with van der Waals surface area (Å²) in [6, 6.07) is 12.6. The lowest BCUT2D eigenvalue weighted by atomic mass is 10.1. The van der Waals surface area contributed by atoms with Gasteiger partial charge in [0.2, 0.25) is 5.91 Å². The molecule has 0 radical (unpaired) electrons. The second-order valence-corrected chi connectivity index (χ2v) is 6.76. The van der Waals surface area contributed by atoms with Crippen molar-refractivity contribution in [3.8, 4) is 17.6 Å². The van der Waals surface area contributed by atoms with Gasteiger partial charge in [-0.05, 0) is 57.4 Å². The molecule has 0 fully saturated rings. The fourth-order valence-electron chi connectivity index (χ4n) is 2.74. The summed E-state index contributed by atoms with van der Waals surface area (Å²) < 4.78 is 11.6. The minimum absolute atomic E-state index is 0.306. The van der Waals surface area contributed by atoms with Crippen LogP contribution in [0.5, 0.6) is 11.5 Å². The van der Waals surface area contributed by atoms with Gasteiger partial charge in [0.25, 0.3) is 0 Å². The third-order valence-corrected chi connectivity index (χ3v) is 4.17. The number of carbonyl (C=O) groups excluding carboxylic acids is 1. The summed E-state index contributed by atoms with van der Waals surface area (Å²) in [7, 11) is 5.54. The Balaban J connectivity index is 2.24. The van der Waals surface area contributed by atoms with E-state index in [2.05, 4.69) is 16.7 Å². The van der Waals surface area contributed by atoms with E-state index in [4.69, 9.17) is 14.7 Å². The van der Waals surface area contributed by atoms with Gasteiger partial charge in [0, 0.05) is 30.4 Å². The van der Waals surface area contributed by atoms with E-state index in [1.54, 1.807) is 37.5 Å². The summed E-state index contributed by atoms with van der Waals surface area (Å²) in [5.41, 5.74) is 2.60. The predicted molar refractivity (Wildman–Crippen MR) is 120 cm³/mol. The quantitative estimate of drug-likeness (QED) is 0.584. The topological polar surface area (TPSA) is 86.6 Å². The second kappa shape index (κ2) is 11.5. The highest BCUT2D eigenvalue weighted by Crippen LogP contribution is 2.39. The number of benzene rings is 2. The highest BCUT2D eigenvalue weighted by Gasteiger charge is 2.15. The molecule has 0 aromatic heterocycles. The first-order valence-electron chi connectivity index (χ1n) is 9.70. The molecule has 0 aliphatic carbocycles. The molecule has 2 aromatic rings. The van der Waals surface area contributed by atoms with Crippen LogP contribution in [-0.2, 0) is 4.79 Å². The number of hydrogen-bond acceptors (Lipinski definition) is 6. The maximum atomic E-state index is 12.4. The van der Waals surface area contributed by atoms with Gasteiger partial charge in [-0.15, -0.1) is 0 Å². The number of ether oxygens (including phenoxy) is 2. The minimum Gasteiger partial charge on any atom is -0.491 e. The summed E-state index contributed by atoms with van der Waals surface area (Å²) in [6.07, 6.45) is 3.12. The number of methoxy groups -OCH3 is 1. The Bertz CT molecular complexity index is 933. The molecule has 1 amide bonds. The van der Waals surface area contributed by atoms with E-state index in [0.717, 1.165) is 24.3 Å². The molecule has 0 aliphatic rings. The van der Waals surface area contributed by atoms with Crippen LogP contribution in [0.25, 0.3) is 6.08 Å². The fourth-order valence-corrected chi connectivity index (χ4v) is 2.74. The average molecular weight is 409 g/mol. The first-order valence-corrected chi connectivity index (χ1v) is 9.70. The molecule has 0 saturated carbocycles. The molecule has 2 aromatic carbocycles. The molecular formula is C23H28N4O3. The molecule has 0 saturated heterocycles. The number of anilines is 2. The molecule has 2 N–H and O–H groups in total. The van der Waals surface area contributed by atoms with E-state index in [9.17, 15) is 4.79 Å². The Hall–Kier alpha value is -3.50. The highest BCUT2D eigenvalue weighted by atomic mass is 16.5. The van der Waals surface area contributed by atoms with Crippen molar-refractivity contribution in [2.45, 2.75) is 6.92 Å². The van der Waals surface area contributed by atoms with Crippen molar-refractivity contribution in [2.75, 3.05) is 51.5 Å². The second-order valence-electron chi connectivity index (χ2n) is 6.76. The smallest absolute Gasteiger partial charge is 0.248 e. The van der Waals surface area contributed by atoms with E-state index in [1.807, 2.05) is 38.1 Å². The van der Waals surface area contributed by atoms with Crippen molar-refractivity contribution in [3.05, 3.63) is 53.6 Å². The average Bonchev–Trinajstić information content (AvgIpc) is 2.73. The van der Waals surface area contributed by atoms with Crippen LogP contribution in [0.15, 0.2) is 42.5 Å². The zero-order valence-electron chi connectivity index (χ0n) is 17.9. The van der Waals surface area contributed by atoms with Crippen molar-refractivity contribution in [1.82, 2.24) is 4.90 Å². The van der Waals surface area contributed by atoms with E-state index in [-0.39, 0.29) is 5.91 Å². The molecular weight excluding hydrogens is 380 g/mol. The summed E-state index contributed by atoms with van der Waals surface area (Å²) in [4.78, 5) is 14.4. The first kappa shape index (κ1) is 22.8.